The molecule has 0 aromatic carbocycles. The van der Waals surface area contributed by atoms with Crippen LogP contribution in [0.1, 0.15) is 36.0 Å². The van der Waals surface area contributed by atoms with Crippen molar-refractivity contribution in [3.63, 3.8) is 0 Å². The summed E-state index contributed by atoms with van der Waals surface area (Å²) in [5, 5.41) is 1.77. The fourth-order valence-electron chi connectivity index (χ4n) is 2.96. The summed E-state index contributed by atoms with van der Waals surface area (Å²) in [4.78, 5) is 20.3. The third kappa shape index (κ3) is 4.77. The molecule has 8 heteroatoms. The van der Waals surface area contributed by atoms with Gasteiger partial charge >= 0.3 is 0 Å². The van der Waals surface area contributed by atoms with Crippen LogP contribution in [0, 0.1) is 0 Å². The van der Waals surface area contributed by atoms with Crippen LogP contribution in [-0.2, 0) is 9.47 Å². The van der Waals surface area contributed by atoms with Gasteiger partial charge in [-0.2, -0.15) is 0 Å². The van der Waals surface area contributed by atoms with Crippen molar-refractivity contribution in [3.8, 4) is 0 Å². The molecular formula is C17H23N5O3. The highest BCUT2D eigenvalue weighted by Gasteiger charge is 2.28. The zero-order valence-corrected chi connectivity index (χ0v) is 14.2. The summed E-state index contributed by atoms with van der Waals surface area (Å²) in [5.74, 6) is -0.255. The number of methoxy groups -OCH3 is 1. The highest BCUT2D eigenvalue weighted by Crippen LogP contribution is 2.23. The highest BCUT2D eigenvalue weighted by atomic mass is 16.5. The van der Waals surface area contributed by atoms with Gasteiger partial charge in [-0.05, 0) is 37.8 Å². The molecule has 3 rings (SSSR count). The normalized spacial score (nSPS) is 22.9. The predicted octanol–water partition coefficient (Wildman–Crippen LogP) is 1.31. The predicted molar refractivity (Wildman–Crippen MR) is 90.7 cm³/mol. The van der Waals surface area contributed by atoms with Crippen molar-refractivity contribution >= 4 is 5.91 Å². The lowest BCUT2D eigenvalue weighted by molar-refractivity contribution is 0.00263. The summed E-state index contributed by atoms with van der Waals surface area (Å²) in [7, 11) is 1.74. The molecule has 2 aliphatic rings. The second kappa shape index (κ2) is 8.59. The molecule has 1 saturated carbocycles. The van der Waals surface area contributed by atoms with Crippen LogP contribution >= 0.6 is 0 Å². The van der Waals surface area contributed by atoms with E-state index in [4.69, 9.17) is 9.47 Å². The average Bonchev–Trinajstić information content (AvgIpc) is 2.69. The molecule has 0 radical (unpaired) electrons. The summed E-state index contributed by atoms with van der Waals surface area (Å²) in [5.41, 5.74) is 7.48. The monoisotopic (exact) mass is 345 g/mol. The molecule has 2 N–H and O–H groups in total. The van der Waals surface area contributed by atoms with E-state index in [1.54, 1.807) is 18.5 Å². The largest absolute Gasteiger partial charge is 0.495 e. The third-order valence-electron chi connectivity index (χ3n) is 4.36. The van der Waals surface area contributed by atoms with E-state index in [9.17, 15) is 4.79 Å². The molecule has 8 nitrogen and oxygen atoms in total. The minimum Gasteiger partial charge on any atom is -0.495 e. The van der Waals surface area contributed by atoms with Gasteiger partial charge in [-0.15, -0.1) is 5.12 Å². The lowest BCUT2D eigenvalue weighted by Crippen LogP contribution is -2.57. The standard InChI is InChI=1S/C17H23N5O3/c1-24-16-6-4-15(5-7-16)22(20-14-3-2-8-25-11-14)21-17(23)13-9-18-12-19-10-13/h2-3,8-10,12,15-16,20H,4-7,11H2,1H3,(H,21,23). The quantitative estimate of drug-likeness (QED) is 0.752. The molecule has 0 unspecified atom stereocenters. The second-order valence-corrected chi connectivity index (χ2v) is 6.05. The van der Waals surface area contributed by atoms with Gasteiger partial charge in [0.25, 0.3) is 5.91 Å². The van der Waals surface area contributed by atoms with Crippen molar-refractivity contribution < 1.29 is 14.3 Å². The number of carbonyl (C=O) groups excluding carboxylic acids is 1. The Balaban J connectivity index is 1.68. The van der Waals surface area contributed by atoms with Gasteiger partial charge in [0.05, 0.1) is 29.7 Å². The van der Waals surface area contributed by atoms with E-state index in [0.29, 0.717) is 12.2 Å². The summed E-state index contributed by atoms with van der Waals surface area (Å²) in [6.45, 7) is 0.435. The van der Waals surface area contributed by atoms with Crippen molar-refractivity contribution in [3.05, 3.63) is 48.4 Å². The molecule has 1 aliphatic carbocycles. The minimum atomic E-state index is -0.255. The zero-order valence-electron chi connectivity index (χ0n) is 14.2. The van der Waals surface area contributed by atoms with Crippen molar-refractivity contribution in [1.29, 1.82) is 0 Å². The number of amides is 1. The first-order chi connectivity index (χ1) is 12.3. The molecule has 0 bridgehead atoms. The molecule has 1 amide bonds. The van der Waals surface area contributed by atoms with Crippen molar-refractivity contribution in [2.45, 2.75) is 37.8 Å². The van der Waals surface area contributed by atoms with Crippen LogP contribution in [0.5, 0.6) is 0 Å². The highest BCUT2D eigenvalue weighted by molar-refractivity contribution is 5.93. The molecule has 0 saturated heterocycles. The SMILES string of the molecule is COC1CCC(N(NC(=O)c2cncnc2)NC2=CC=COC2)CC1. The van der Waals surface area contributed by atoms with Crippen LogP contribution in [0.2, 0.25) is 0 Å². The summed E-state index contributed by atoms with van der Waals surface area (Å²) >= 11 is 0. The number of hydrogen-bond donors (Lipinski definition) is 2. The number of aromatic nitrogens is 2. The van der Waals surface area contributed by atoms with Gasteiger partial charge in [-0.1, -0.05) is 0 Å². The Hall–Kier alpha value is -2.45. The average molecular weight is 345 g/mol. The van der Waals surface area contributed by atoms with Crippen LogP contribution in [0.25, 0.3) is 0 Å². The Bertz CT molecular complexity index is 626. The van der Waals surface area contributed by atoms with Gasteiger partial charge < -0.3 is 14.9 Å². The maximum Gasteiger partial charge on any atom is 0.270 e. The van der Waals surface area contributed by atoms with Crippen LogP contribution in [0.15, 0.2) is 42.8 Å². The van der Waals surface area contributed by atoms with E-state index in [1.807, 2.05) is 12.2 Å². The van der Waals surface area contributed by atoms with Crippen molar-refractivity contribution in [2.24, 2.45) is 0 Å². The third-order valence-corrected chi connectivity index (χ3v) is 4.36. The van der Waals surface area contributed by atoms with Crippen LogP contribution in [-0.4, -0.2) is 46.9 Å². The minimum absolute atomic E-state index is 0.159. The summed E-state index contributed by atoms with van der Waals surface area (Å²) in [6.07, 6.45) is 13.8. The first kappa shape index (κ1) is 17.4. The maximum absolute atomic E-state index is 12.5. The topological polar surface area (TPSA) is 88.6 Å². The van der Waals surface area contributed by atoms with Crippen molar-refractivity contribution in [2.75, 3.05) is 13.7 Å². The van der Waals surface area contributed by atoms with Crippen LogP contribution < -0.4 is 10.9 Å². The Kier molecular flexibility index (Phi) is 5.97. The lowest BCUT2D eigenvalue weighted by atomic mass is 9.93. The first-order valence-corrected chi connectivity index (χ1v) is 8.38. The number of hydrazine groups is 2. The van der Waals surface area contributed by atoms with Crippen molar-refractivity contribution in [1.82, 2.24) is 25.9 Å². The van der Waals surface area contributed by atoms with E-state index >= 15 is 0 Å². The zero-order chi connectivity index (χ0) is 17.5. The number of ether oxygens (including phenoxy) is 2. The van der Waals surface area contributed by atoms with E-state index in [1.165, 1.54) is 18.7 Å². The number of allylic oxidation sites excluding steroid dienone is 2. The molecule has 1 aromatic heterocycles. The van der Waals surface area contributed by atoms with Gasteiger partial charge in [0.15, 0.2) is 0 Å². The van der Waals surface area contributed by atoms with Gasteiger partial charge in [0.2, 0.25) is 0 Å². The number of carbonyl (C=O) groups is 1. The fraction of sp³-hybridized carbons (Fsp3) is 0.471. The smallest absolute Gasteiger partial charge is 0.270 e. The fourth-order valence-corrected chi connectivity index (χ4v) is 2.96. The molecule has 1 aliphatic heterocycles. The number of rotatable bonds is 6. The maximum atomic E-state index is 12.5. The molecule has 1 aromatic rings. The molecule has 0 atom stereocenters. The van der Waals surface area contributed by atoms with Crippen LogP contribution in [0.3, 0.4) is 0 Å². The Morgan fingerprint density at radius 3 is 2.68 bits per heavy atom. The number of hydrogen-bond acceptors (Lipinski definition) is 7. The van der Waals surface area contributed by atoms with Gasteiger partial charge in [-0.3, -0.25) is 10.2 Å². The number of nitrogens with zero attached hydrogens (tertiary/aromatic N) is 3. The summed E-state index contributed by atoms with van der Waals surface area (Å²) < 4.78 is 10.7. The van der Waals surface area contributed by atoms with Gasteiger partial charge in [-0.25, -0.2) is 9.97 Å². The lowest BCUT2D eigenvalue weighted by Gasteiger charge is -2.37. The van der Waals surface area contributed by atoms with Crippen LogP contribution in [0.4, 0.5) is 0 Å². The molecule has 1 fully saturated rings. The Morgan fingerprint density at radius 1 is 1.28 bits per heavy atom. The first-order valence-electron chi connectivity index (χ1n) is 8.38. The molecule has 2 heterocycles. The Morgan fingerprint density at radius 2 is 2.04 bits per heavy atom. The molecule has 25 heavy (non-hydrogen) atoms. The van der Waals surface area contributed by atoms with Gasteiger partial charge in [0, 0.05) is 19.5 Å². The van der Waals surface area contributed by atoms with E-state index < -0.39 is 0 Å². The molecule has 0 spiro atoms. The van der Waals surface area contributed by atoms with Gasteiger partial charge in [0.1, 0.15) is 12.9 Å². The summed E-state index contributed by atoms with van der Waals surface area (Å²) in [6, 6.07) is 0.159. The van der Waals surface area contributed by atoms with E-state index in [-0.39, 0.29) is 18.1 Å². The Labute approximate surface area is 146 Å². The second-order valence-electron chi connectivity index (χ2n) is 6.05. The van der Waals surface area contributed by atoms with E-state index in [0.717, 1.165) is 31.4 Å². The number of nitrogens with one attached hydrogen (secondary N) is 2. The molecule has 134 valence electrons. The van der Waals surface area contributed by atoms with E-state index in [2.05, 4.69) is 20.8 Å². The molecular weight excluding hydrogens is 322 g/mol.